The lowest BCUT2D eigenvalue weighted by atomic mass is 9.97. The number of hydrogen-bond acceptors (Lipinski definition) is 7. The molecule has 0 unspecified atom stereocenters. The molecule has 0 bridgehead atoms. The van der Waals surface area contributed by atoms with Gasteiger partial charge in [-0.15, -0.1) is 0 Å². The minimum absolute atomic E-state index is 0.103. The number of carbonyl (C=O) groups is 3. The van der Waals surface area contributed by atoms with Gasteiger partial charge in [-0.05, 0) is 50.1 Å². The number of anilines is 2. The fourth-order valence-corrected chi connectivity index (χ4v) is 3.63. The largest absolute Gasteiger partial charge is 0.452 e. The van der Waals surface area contributed by atoms with E-state index in [1.807, 2.05) is 4.90 Å². The van der Waals surface area contributed by atoms with E-state index in [0.29, 0.717) is 37.3 Å². The van der Waals surface area contributed by atoms with Crippen molar-refractivity contribution < 1.29 is 32.6 Å². The Bertz CT molecular complexity index is 1050. The summed E-state index contributed by atoms with van der Waals surface area (Å²) in [7, 11) is 0. The Labute approximate surface area is 199 Å². The first kappa shape index (κ1) is 25.2. The van der Waals surface area contributed by atoms with E-state index in [9.17, 15) is 23.2 Å². The van der Waals surface area contributed by atoms with Gasteiger partial charge in [0, 0.05) is 25.0 Å². The molecule has 0 radical (unpaired) electrons. The van der Waals surface area contributed by atoms with Crippen LogP contribution in [0.4, 0.5) is 20.3 Å². The molecule has 2 amide bonds. The molecule has 2 aromatic rings. The Morgan fingerprint density at radius 1 is 1.21 bits per heavy atom. The van der Waals surface area contributed by atoms with E-state index in [1.165, 1.54) is 31.3 Å². The van der Waals surface area contributed by atoms with Crippen molar-refractivity contribution in [2.75, 3.05) is 23.3 Å². The maximum atomic E-state index is 12.5. The molecular weight excluding hydrogens is 474 g/mol. The van der Waals surface area contributed by atoms with Gasteiger partial charge in [-0.1, -0.05) is 11.6 Å². The van der Waals surface area contributed by atoms with Crippen molar-refractivity contribution in [1.29, 1.82) is 0 Å². The highest BCUT2D eigenvalue weighted by Crippen LogP contribution is 2.29. The average Bonchev–Trinajstić information content (AvgIpc) is 2.80. The zero-order valence-electron chi connectivity index (χ0n) is 18.2. The number of hydrogen-bond donors (Lipinski definition) is 2. The summed E-state index contributed by atoms with van der Waals surface area (Å²) in [6.45, 7) is -0.491. The number of benzene rings is 1. The van der Waals surface area contributed by atoms with Crippen LogP contribution in [0, 0.1) is 5.92 Å². The van der Waals surface area contributed by atoms with E-state index in [4.69, 9.17) is 22.1 Å². The fourth-order valence-electron chi connectivity index (χ4n) is 3.40. The van der Waals surface area contributed by atoms with Crippen molar-refractivity contribution in [3.8, 4) is 5.75 Å². The average molecular weight is 497 g/mol. The van der Waals surface area contributed by atoms with Gasteiger partial charge in [0.2, 0.25) is 5.91 Å². The lowest BCUT2D eigenvalue weighted by Gasteiger charge is -2.32. The number of nitrogens with two attached hydrogens (primary N) is 1. The Balaban J connectivity index is 1.48. The standard InChI is InChI=1S/C22H23ClF2N4O5/c1-12(20(31)28-15-3-4-17(16(23)10-15)34-22(24)25)33-21(32)13-6-8-29(9-7-13)18-5-2-14(11-27-18)19(26)30/h2-5,10-13,22H,6-9H2,1H3,(H2,26,30)(H,28,31)/t12-/m1/s1. The predicted molar refractivity (Wildman–Crippen MR) is 120 cm³/mol. The van der Waals surface area contributed by atoms with Crippen LogP contribution < -0.4 is 20.7 Å². The second-order valence-electron chi connectivity index (χ2n) is 7.62. The summed E-state index contributed by atoms with van der Waals surface area (Å²) in [5.74, 6) is -1.56. The van der Waals surface area contributed by atoms with E-state index in [2.05, 4.69) is 15.0 Å². The third-order valence-corrected chi connectivity index (χ3v) is 5.56. The smallest absolute Gasteiger partial charge is 0.387 e. The van der Waals surface area contributed by atoms with Crippen molar-refractivity contribution in [2.24, 2.45) is 11.7 Å². The van der Waals surface area contributed by atoms with Crippen molar-refractivity contribution in [3.63, 3.8) is 0 Å². The van der Waals surface area contributed by atoms with Gasteiger partial charge in [-0.25, -0.2) is 4.98 Å². The second-order valence-corrected chi connectivity index (χ2v) is 8.03. The number of nitrogens with zero attached hydrogens (tertiary/aromatic N) is 2. The molecular formula is C22H23ClF2N4O5. The highest BCUT2D eigenvalue weighted by atomic mass is 35.5. The maximum absolute atomic E-state index is 12.5. The Morgan fingerprint density at radius 2 is 1.91 bits per heavy atom. The number of primary amides is 1. The first-order valence-electron chi connectivity index (χ1n) is 10.4. The molecule has 0 saturated carbocycles. The monoisotopic (exact) mass is 496 g/mol. The third-order valence-electron chi connectivity index (χ3n) is 5.26. The zero-order chi connectivity index (χ0) is 24.8. The van der Waals surface area contributed by atoms with Crippen LogP contribution in [-0.2, 0) is 14.3 Å². The molecule has 0 aliphatic carbocycles. The fraction of sp³-hybridized carbons (Fsp3) is 0.364. The van der Waals surface area contributed by atoms with Gasteiger partial charge < -0.3 is 25.4 Å². The number of aromatic nitrogens is 1. The van der Waals surface area contributed by atoms with Gasteiger partial charge in [-0.2, -0.15) is 8.78 Å². The van der Waals surface area contributed by atoms with Crippen LogP contribution in [0.3, 0.4) is 0 Å². The van der Waals surface area contributed by atoms with Crippen molar-refractivity contribution >= 4 is 40.9 Å². The van der Waals surface area contributed by atoms with Crippen LogP contribution in [0.1, 0.15) is 30.1 Å². The van der Waals surface area contributed by atoms with Gasteiger partial charge in [0.15, 0.2) is 6.10 Å². The number of carbonyl (C=O) groups excluding carboxylic acids is 3. The quantitative estimate of drug-likeness (QED) is 0.538. The SMILES string of the molecule is C[C@@H](OC(=O)C1CCN(c2ccc(C(N)=O)cn2)CC1)C(=O)Nc1ccc(OC(F)F)c(Cl)c1. The molecule has 1 aromatic carbocycles. The summed E-state index contributed by atoms with van der Waals surface area (Å²) < 4.78 is 34.2. The molecule has 2 heterocycles. The lowest BCUT2D eigenvalue weighted by molar-refractivity contribution is -0.157. The van der Waals surface area contributed by atoms with E-state index in [0.717, 1.165) is 0 Å². The van der Waals surface area contributed by atoms with E-state index in [-0.39, 0.29) is 22.4 Å². The van der Waals surface area contributed by atoms with Crippen LogP contribution >= 0.6 is 11.6 Å². The van der Waals surface area contributed by atoms with Crippen LogP contribution in [0.5, 0.6) is 5.75 Å². The number of rotatable bonds is 8. The van der Waals surface area contributed by atoms with Crippen molar-refractivity contribution in [1.82, 2.24) is 4.98 Å². The van der Waals surface area contributed by atoms with Gasteiger partial charge in [0.1, 0.15) is 11.6 Å². The van der Waals surface area contributed by atoms with Crippen LogP contribution in [0.2, 0.25) is 5.02 Å². The topological polar surface area (TPSA) is 124 Å². The number of esters is 1. The molecule has 12 heteroatoms. The Morgan fingerprint density at radius 3 is 2.47 bits per heavy atom. The molecule has 1 atom stereocenters. The summed E-state index contributed by atoms with van der Waals surface area (Å²) in [6, 6.07) is 7.09. The van der Waals surface area contributed by atoms with Crippen LogP contribution in [0.15, 0.2) is 36.5 Å². The van der Waals surface area contributed by atoms with E-state index in [1.54, 1.807) is 12.1 Å². The minimum Gasteiger partial charge on any atom is -0.452 e. The summed E-state index contributed by atoms with van der Waals surface area (Å²) in [5, 5.41) is 2.42. The summed E-state index contributed by atoms with van der Waals surface area (Å²) in [4.78, 5) is 42.3. The maximum Gasteiger partial charge on any atom is 0.387 e. The molecule has 182 valence electrons. The zero-order valence-corrected chi connectivity index (χ0v) is 18.9. The number of pyridine rings is 1. The molecule has 1 fully saturated rings. The summed E-state index contributed by atoms with van der Waals surface area (Å²) >= 11 is 5.88. The van der Waals surface area contributed by atoms with Crippen LogP contribution in [0.25, 0.3) is 0 Å². The number of ether oxygens (including phenoxy) is 2. The molecule has 1 aromatic heterocycles. The highest BCUT2D eigenvalue weighted by molar-refractivity contribution is 6.32. The number of piperidine rings is 1. The normalized spacial score (nSPS) is 15.0. The number of halogens is 3. The second kappa shape index (κ2) is 11.1. The molecule has 3 rings (SSSR count). The Kier molecular flexibility index (Phi) is 8.21. The Hall–Kier alpha value is -3.47. The molecule has 9 nitrogen and oxygen atoms in total. The third kappa shape index (κ3) is 6.53. The molecule has 1 saturated heterocycles. The molecule has 1 aliphatic rings. The first-order chi connectivity index (χ1) is 16.1. The lowest BCUT2D eigenvalue weighted by Crippen LogP contribution is -2.39. The number of nitrogens with one attached hydrogen (secondary N) is 1. The first-order valence-corrected chi connectivity index (χ1v) is 10.8. The minimum atomic E-state index is -3.03. The number of amides is 2. The van der Waals surface area contributed by atoms with Crippen molar-refractivity contribution in [3.05, 3.63) is 47.1 Å². The summed E-state index contributed by atoms with van der Waals surface area (Å²) in [5.41, 5.74) is 5.77. The van der Waals surface area contributed by atoms with Gasteiger partial charge >= 0.3 is 12.6 Å². The van der Waals surface area contributed by atoms with Crippen molar-refractivity contribution in [2.45, 2.75) is 32.5 Å². The van der Waals surface area contributed by atoms with Gasteiger partial charge in [0.05, 0.1) is 16.5 Å². The molecule has 0 spiro atoms. The molecule has 34 heavy (non-hydrogen) atoms. The molecule has 1 aliphatic heterocycles. The van der Waals surface area contributed by atoms with Gasteiger partial charge in [0.25, 0.3) is 5.91 Å². The van der Waals surface area contributed by atoms with E-state index >= 15 is 0 Å². The number of alkyl halides is 2. The predicted octanol–water partition coefficient (Wildman–Crippen LogP) is 3.22. The van der Waals surface area contributed by atoms with Crippen LogP contribution in [-0.4, -0.2) is 48.6 Å². The van der Waals surface area contributed by atoms with E-state index < -0.39 is 30.5 Å². The molecule has 3 N–H and O–H groups in total. The van der Waals surface area contributed by atoms with Gasteiger partial charge in [-0.3, -0.25) is 14.4 Å². The highest BCUT2D eigenvalue weighted by Gasteiger charge is 2.29. The summed E-state index contributed by atoms with van der Waals surface area (Å²) in [6.07, 6.45) is 1.34.